The van der Waals surface area contributed by atoms with Gasteiger partial charge in [-0.1, -0.05) is 37.1 Å². The molecule has 17 heavy (non-hydrogen) atoms. The normalized spacial score (nSPS) is 12.9. The van der Waals surface area contributed by atoms with Crippen LogP contribution in [0.5, 0.6) is 0 Å². The standard InChI is InChI=1S/C13H14ClNO2/c1-2-4-10(15)12(16)11-7-8-5-3-6-9(14)13(8)17-11/h3,5-7,10H,2,4,15H2,1H3. The predicted octanol–water partition coefficient (Wildman–Crippen LogP) is 3.40. The minimum atomic E-state index is -0.501. The first-order valence-corrected chi connectivity index (χ1v) is 5.99. The molecule has 2 N–H and O–H groups in total. The number of rotatable bonds is 4. The van der Waals surface area contributed by atoms with Gasteiger partial charge in [-0.3, -0.25) is 4.79 Å². The Balaban J connectivity index is 2.37. The Kier molecular flexibility index (Phi) is 3.50. The van der Waals surface area contributed by atoms with Crippen molar-refractivity contribution in [3.63, 3.8) is 0 Å². The Morgan fingerprint density at radius 1 is 1.53 bits per heavy atom. The van der Waals surface area contributed by atoms with E-state index in [1.807, 2.05) is 19.1 Å². The summed E-state index contributed by atoms with van der Waals surface area (Å²) in [6.45, 7) is 1.99. The first kappa shape index (κ1) is 12.1. The molecule has 0 saturated carbocycles. The highest BCUT2D eigenvalue weighted by molar-refractivity contribution is 6.34. The summed E-state index contributed by atoms with van der Waals surface area (Å²) in [5.41, 5.74) is 6.32. The van der Waals surface area contributed by atoms with Gasteiger partial charge in [-0.25, -0.2) is 0 Å². The molecule has 1 atom stereocenters. The highest BCUT2D eigenvalue weighted by atomic mass is 35.5. The summed E-state index contributed by atoms with van der Waals surface area (Å²) < 4.78 is 5.47. The number of furan rings is 1. The van der Waals surface area contributed by atoms with Crippen LogP contribution in [0.25, 0.3) is 11.0 Å². The number of para-hydroxylation sites is 1. The molecule has 2 aromatic rings. The van der Waals surface area contributed by atoms with Crippen LogP contribution >= 0.6 is 11.6 Å². The van der Waals surface area contributed by atoms with Crippen molar-refractivity contribution in [3.05, 3.63) is 35.0 Å². The number of hydrogen-bond acceptors (Lipinski definition) is 3. The lowest BCUT2D eigenvalue weighted by Crippen LogP contribution is -2.29. The molecule has 3 nitrogen and oxygen atoms in total. The van der Waals surface area contributed by atoms with E-state index in [1.165, 1.54) is 0 Å². The molecule has 90 valence electrons. The van der Waals surface area contributed by atoms with E-state index in [-0.39, 0.29) is 11.5 Å². The molecule has 0 spiro atoms. The molecule has 1 aromatic heterocycles. The van der Waals surface area contributed by atoms with Crippen molar-refractivity contribution in [1.29, 1.82) is 0 Å². The quantitative estimate of drug-likeness (QED) is 0.848. The van der Waals surface area contributed by atoms with Crippen LogP contribution in [0.4, 0.5) is 0 Å². The number of ketones is 1. The average Bonchev–Trinajstić information content (AvgIpc) is 2.73. The number of nitrogens with two attached hydrogens (primary N) is 1. The van der Waals surface area contributed by atoms with Gasteiger partial charge in [0, 0.05) is 5.39 Å². The molecular formula is C13H14ClNO2. The van der Waals surface area contributed by atoms with Crippen molar-refractivity contribution in [1.82, 2.24) is 0 Å². The third-order valence-electron chi connectivity index (χ3n) is 2.68. The van der Waals surface area contributed by atoms with Crippen LogP contribution in [-0.4, -0.2) is 11.8 Å². The Labute approximate surface area is 105 Å². The highest BCUT2D eigenvalue weighted by Crippen LogP contribution is 2.27. The Bertz CT molecular complexity index is 547. The SMILES string of the molecule is CCCC(N)C(=O)c1cc2cccc(Cl)c2o1. The molecule has 1 unspecified atom stereocenters. The van der Waals surface area contributed by atoms with Crippen LogP contribution in [0.1, 0.15) is 30.3 Å². The van der Waals surface area contributed by atoms with Gasteiger partial charge in [0.15, 0.2) is 11.3 Å². The summed E-state index contributed by atoms with van der Waals surface area (Å²) in [4.78, 5) is 12.0. The molecule has 2 rings (SSSR count). The smallest absolute Gasteiger partial charge is 0.214 e. The Morgan fingerprint density at radius 2 is 2.29 bits per heavy atom. The summed E-state index contributed by atoms with van der Waals surface area (Å²) >= 11 is 5.98. The first-order chi connectivity index (χ1) is 8.13. The lowest BCUT2D eigenvalue weighted by atomic mass is 10.1. The van der Waals surface area contributed by atoms with Crippen molar-refractivity contribution >= 4 is 28.4 Å². The molecule has 4 heteroatoms. The molecular weight excluding hydrogens is 238 g/mol. The van der Waals surface area contributed by atoms with Crippen molar-refractivity contribution in [2.45, 2.75) is 25.8 Å². The van der Waals surface area contributed by atoms with Crippen LogP contribution in [-0.2, 0) is 0 Å². The van der Waals surface area contributed by atoms with Crippen LogP contribution in [0, 0.1) is 0 Å². The second kappa shape index (κ2) is 4.90. The summed E-state index contributed by atoms with van der Waals surface area (Å²) in [5, 5.41) is 1.33. The van der Waals surface area contributed by atoms with Gasteiger partial charge in [-0.2, -0.15) is 0 Å². The number of fused-ring (bicyclic) bond motifs is 1. The zero-order chi connectivity index (χ0) is 12.4. The molecule has 0 aliphatic rings. The minimum Gasteiger partial charge on any atom is -0.451 e. The van der Waals surface area contributed by atoms with Crippen LogP contribution in [0.3, 0.4) is 0 Å². The van der Waals surface area contributed by atoms with E-state index in [2.05, 4.69) is 0 Å². The summed E-state index contributed by atoms with van der Waals surface area (Å²) in [5.74, 6) is 0.119. The average molecular weight is 252 g/mol. The highest BCUT2D eigenvalue weighted by Gasteiger charge is 2.19. The third kappa shape index (κ3) is 2.35. The lowest BCUT2D eigenvalue weighted by Gasteiger charge is -2.05. The molecule has 0 bridgehead atoms. The van der Waals surface area contributed by atoms with Crippen LogP contribution in [0.15, 0.2) is 28.7 Å². The number of benzene rings is 1. The molecule has 0 aliphatic carbocycles. The fourth-order valence-electron chi connectivity index (χ4n) is 1.77. The van der Waals surface area contributed by atoms with E-state index < -0.39 is 6.04 Å². The summed E-state index contributed by atoms with van der Waals surface area (Å²) in [6.07, 6.45) is 1.53. The topological polar surface area (TPSA) is 56.2 Å². The van der Waals surface area contributed by atoms with E-state index >= 15 is 0 Å². The number of Topliss-reactive ketones (excluding diaryl/α,β-unsaturated/α-hetero) is 1. The van der Waals surface area contributed by atoms with E-state index in [0.717, 1.165) is 11.8 Å². The van der Waals surface area contributed by atoms with Gasteiger partial charge in [-0.15, -0.1) is 0 Å². The maximum absolute atomic E-state index is 12.0. The van der Waals surface area contributed by atoms with Gasteiger partial charge < -0.3 is 10.2 Å². The lowest BCUT2D eigenvalue weighted by molar-refractivity contribution is 0.0931. The van der Waals surface area contributed by atoms with Gasteiger partial charge in [0.25, 0.3) is 0 Å². The van der Waals surface area contributed by atoms with Crippen molar-refractivity contribution in [2.75, 3.05) is 0 Å². The van der Waals surface area contributed by atoms with E-state index in [9.17, 15) is 4.79 Å². The van der Waals surface area contributed by atoms with Gasteiger partial charge in [0.1, 0.15) is 0 Å². The Morgan fingerprint density at radius 3 is 2.94 bits per heavy atom. The van der Waals surface area contributed by atoms with Crippen molar-refractivity contribution in [3.8, 4) is 0 Å². The second-order valence-electron chi connectivity index (χ2n) is 4.03. The fourth-order valence-corrected chi connectivity index (χ4v) is 1.99. The molecule has 0 radical (unpaired) electrons. The monoisotopic (exact) mass is 251 g/mol. The Hall–Kier alpha value is -1.32. The molecule has 1 aromatic carbocycles. The van der Waals surface area contributed by atoms with E-state index in [0.29, 0.717) is 17.0 Å². The van der Waals surface area contributed by atoms with E-state index in [1.54, 1.807) is 12.1 Å². The number of halogens is 1. The van der Waals surface area contributed by atoms with Crippen LogP contribution in [0.2, 0.25) is 5.02 Å². The van der Waals surface area contributed by atoms with Gasteiger partial charge in [0.05, 0.1) is 11.1 Å². The van der Waals surface area contributed by atoms with E-state index in [4.69, 9.17) is 21.8 Å². The van der Waals surface area contributed by atoms with Gasteiger partial charge in [0.2, 0.25) is 5.78 Å². The van der Waals surface area contributed by atoms with Crippen LogP contribution < -0.4 is 5.73 Å². The minimum absolute atomic E-state index is 0.167. The van der Waals surface area contributed by atoms with Gasteiger partial charge in [-0.05, 0) is 18.6 Å². The third-order valence-corrected chi connectivity index (χ3v) is 2.97. The number of carbonyl (C=O) groups excluding carboxylic acids is 1. The summed E-state index contributed by atoms with van der Waals surface area (Å²) in [6, 6.07) is 6.60. The molecule has 0 fully saturated rings. The summed E-state index contributed by atoms with van der Waals surface area (Å²) in [7, 11) is 0. The van der Waals surface area contributed by atoms with Crippen molar-refractivity contribution in [2.24, 2.45) is 5.73 Å². The zero-order valence-electron chi connectivity index (χ0n) is 9.57. The molecule has 1 heterocycles. The molecule has 0 saturated heterocycles. The first-order valence-electron chi connectivity index (χ1n) is 5.61. The number of carbonyl (C=O) groups is 1. The molecule has 0 aliphatic heterocycles. The maximum Gasteiger partial charge on any atom is 0.214 e. The van der Waals surface area contributed by atoms with Crippen molar-refractivity contribution < 1.29 is 9.21 Å². The van der Waals surface area contributed by atoms with Gasteiger partial charge >= 0.3 is 0 Å². The molecule has 0 amide bonds. The number of hydrogen-bond donors (Lipinski definition) is 1. The largest absolute Gasteiger partial charge is 0.451 e. The second-order valence-corrected chi connectivity index (χ2v) is 4.44. The maximum atomic E-state index is 12.0. The predicted molar refractivity (Wildman–Crippen MR) is 68.4 cm³/mol. The zero-order valence-corrected chi connectivity index (χ0v) is 10.3. The fraction of sp³-hybridized carbons (Fsp3) is 0.308.